The van der Waals surface area contributed by atoms with E-state index in [9.17, 15) is 0 Å². The second kappa shape index (κ2) is 5.67. The summed E-state index contributed by atoms with van der Waals surface area (Å²) >= 11 is 6.20. The molecule has 0 fully saturated rings. The van der Waals surface area contributed by atoms with Crippen LogP contribution in [0, 0.1) is 0 Å². The van der Waals surface area contributed by atoms with Crippen LogP contribution in [0.3, 0.4) is 0 Å². The molecule has 0 spiro atoms. The van der Waals surface area contributed by atoms with Gasteiger partial charge in [0.1, 0.15) is 5.69 Å². The van der Waals surface area contributed by atoms with Gasteiger partial charge in [0.25, 0.3) is 0 Å². The first-order valence-corrected chi connectivity index (χ1v) is 8.75. The molecule has 1 aromatic carbocycles. The lowest BCUT2D eigenvalue weighted by atomic mass is 9.97. The molecule has 25 heavy (non-hydrogen) atoms. The lowest BCUT2D eigenvalue weighted by Gasteiger charge is -2.08. The van der Waals surface area contributed by atoms with Crippen molar-refractivity contribution >= 4 is 22.5 Å². The molecule has 4 aromatic rings. The van der Waals surface area contributed by atoms with Crippen molar-refractivity contribution in [2.75, 3.05) is 0 Å². The van der Waals surface area contributed by atoms with Gasteiger partial charge in [-0.2, -0.15) is 5.10 Å². The van der Waals surface area contributed by atoms with Gasteiger partial charge in [0.2, 0.25) is 0 Å². The van der Waals surface area contributed by atoms with Gasteiger partial charge in [0.05, 0.1) is 11.2 Å². The molecule has 1 aliphatic heterocycles. The van der Waals surface area contributed by atoms with E-state index in [1.165, 1.54) is 5.69 Å². The molecule has 0 radical (unpaired) electrons. The molecule has 5 rings (SSSR count). The second-order valence-electron chi connectivity index (χ2n) is 6.23. The predicted octanol–water partition coefficient (Wildman–Crippen LogP) is 4.76. The van der Waals surface area contributed by atoms with E-state index in [0.717, 1.165) is 52.8 Å². The Bertz CT molecular complexity index is 1090. The summed E-state index contributed by atoms with van der Waals surface area (Å²) < 4.78 is 2.11. The van der Waals surface area contributed by atoms with Crippen LogP contribution in [0.15, 0.2) is 54.9 Å². The van der Waals surface area contributed by atoms with Crippen LogP contribution in [-0.4, -0.2) is 19.7 Å². The molecule has 0 atom stereocenters. The highest BCUT2D eigenvalue weighted by Gasteiger charge is 2.25. The summed E-state index contributed by atoms with van der Waals surface area (Å²) in [4.78, 5) is 9.01. The lowest BCUT2D eigenvalue weighted by Crippen LogP contribution is -1.94. The topological polar surface area (TPSA) is 43.6 Å². The first kappa shape index (κ1) is 14.6. The van der Waals surface area contributed by atoms with Gasteiger partial charge in [0, 0.05) is 40.6 Å². The van der Waals surface area contributed by atoms with E-state index in [2.05, 4.69) is 32.8 Å². The second-order valence-corrected chi connectivity index (χ2v) is 6.67. The number of para-hydroxylation sites is 1. The third-order valence-electron chi connectivity index (χ3n) is 4.72. The Morgan fingerprint density at radius 1 is 1.00 bits per heavy atom. The Labute approximate surface area is 150 Å². The van der Waals surface area contributed by atoms with E-state index in [1.54, 1.807) is 12.3 Å². The number of nitrogens with zero attached hydrogens (tertiary/aromatic N) is 4. The van der Waals surface area contributed by atoms with Gasteiger partial charge >= 0.3 is 0 Å². The molecule has 4 nitrogen and oxygen atoms in total. The Morgan fingerprint density at radius 3 is 2.80 bits per heavy atom. The average molecular weight is 347 g/mol. The van der Waals surface area contributed by atoms with Crippen LogP contribution < -0.4 is 0 Å². The molecule has 3 aromatic heterocycles. The van der Waals surface area contributed by atoms with Crippen LogP contribution in [0.25, 0.3) is 33.4 Å². The molecular formula is C20H15ClN4. The fourth-order valence-corrected chi connectivity index (χ4v) is 3.80. The SMILES string of the molecule is Clc1ccnc(-c2nn3c(c2-c2ccnc4ccccc24)CCC3)c1. The summed E-state index contributed by atoms with van der Waals surface area (Å²) in [5.74, 6) is 0. The molecule has 0 amide bonds. The van der Waals surface area contributed by atoms with Crippen molar-refractivity contribution in [1.29, 1.82) is 0 Å². The molecule has 0 unspecified atom stereocenters. The molecule has 1 aliphatic rings. The fraction of sp³-hybridized carbons (Fsp3) is 0.150. The summed E-state index contributed by atoms with van der Waals surface area (Å²) in [7, 11) is 0. The first-order valence-electron chi connectivity index (χ1n) is 8.37. The number of hydrogen-bond donors (Lipinski definition) is 0. The molecule has 0 saturated heterocycles. The molecular weight excluding hydrogens is 332 g/mol. The summed E-state index contributed by atoms with van der Waals surface area (Å²) in [5, 5.41) is 6.67. The monoisotopic (exact) mass is 346 g/mol. The Hall–Kier alpha value is -2.72. The van der Waals surface area contributed by atoms with Crippen molar-refractivity contribution < 1.29 is 0 Å². The summed E-state index contributed by atoms with van der Waals surface area (Å²) in [5.41, 5.74) is 6.28. The van der Waals surface area contributed by atoms with E-state index in [4.69, 9.17) is 16.7 Å². The molecule has 0 N–H and O–H groups in total. The molecule has 122 valence electrons. The highest BCUT2D eigenvalue weighted by molar-refractivity contribution is 6.30. The third-order valence-corrected chi connectivity index (χ3v) is 4.96. The molecule has 0 aliphatic carbocycles. The number of pyridine rings is 2. The number of benzene rings is 1. The fourth-order valence-electron chi connectivity index (χ4n) is 3.64. The number of rotatable bonds is 2. The van der Waals surface area contributed by atoms with Crippen LogP contribution >= 0.6 is 11.6 Å². The average Bonchev–Trinajstić information content (AvgIpc) is 3.22. The van der Waals surface area contributed by atoms with Gasteiger partial charge < -0.3 is 0 Å². The van der Waals surface area contributed by atoms with Gasteiger partial charge in [-0.25, -0.2) is 0 Å². The van der Waals surface area contributed by atoms with E-state index in [0.29, 0.717) is 5.02 Å². The number of hydrogen-bond acceptors (Lipinski definition) is 3. The molecule has 0 saturated carbocycles. The predicted molar refractivity (Wildman–Crippen MR) is 99.5 cm³/mol. The summed E-state index contributed by atoms with van der Waals surface area (Å²) in [6.07, 6.45) is 5.75. The molecule has 0 bridgehead atoms. The van der Waals surface area contributed by atoms with Crippen molar-refractivity contribution in [2.24, 2.45) is 0 Å². The standard InChI is InChI=1S/C20H15ClN4/c21-13-7-9-23-17(12-13)20-19(18-6-3-11-25(18)24-20)15-8-10-22-16-5-2-1-4-14(15)16/h1-2,4-5,7-10,12H,3,6,11H2. The van der Waals surface area contributed by atoms with E-state index in [-0.39, 0.29) is 0 Å². The maximum Gasteiger partial charge on any atom is 0.119 e. The van der Waals surface area contributed by atoms with Crippen LogP contribution in [0.1, 0.15) is 12.1 Å². The van der Waals surface area contributed by atoms with Crippen molar-refractivity contribution in [3.8, 4) is 22.5 Å². The van der Waals surface area contributed by atoms with Crippen molar-refractivity contribution in [3.05, 3.63) is 65.6 Å². The van der Waals surface area contributed by atoms with E-state index < -0.39 is 0 Å². The maximum absolute atomic E-state index is 6.20. The van der Waals surface area contributed by atoms with Crippen molar-refractivity contribution in [2.45, 2.75) is 19.4 Å². The quantitative estimate of drug-likeness (QED) is 0.525. The van der Waals surface area contributed by atoms with Gasteiger partial charge in [-0.1, -0.05) is 29.8 Å². The minimum atomic E-state index is 0.670. The normalized spacial score (nSPS) is 13.3. The Morgan fingerprint density at radius 2 is 1.88 bits per heavy atom. The number of fused-ring (bicyclic) bond motifs is 2. The Kier molecular flexibility index (Phi) is 3.31. The zero-order chi connectivity index (χ0) is 16.8. The van der Waals surface area contributed by atoms with Gasteiger partial charge in [-0.3, -0.25) is 14.6 Å². The number of aromatic nitrogens is 4. The zero-order valence-electron chi connectivity index (χ0n) is 13.5. The zero-order valence-corrected chi connectivity index (χ0v) is 14.2. The number of halogens is 1. The first-order chi connectivity index (χ1) is 12.3. The number of aryl methyl sites for hydroxylation is 1. The third kappa shape index (κ3) is 2.33. The smallest absolute Gasteiger partial charge is 0.119 e. The minimum Gasteiger partial charge on any atom is -0.268 e. The van der Waals surface area contributed by atoms with Crippen LogP contribution in [0.2, 0.25) is 5.02 Å². The van der Waals surface area contributed by atoms with E-state index in [1.807, 2.05) is 24.4 Å². The summed E-state index contributed by atoms with van der Waals surface area (Å²) in [6, 6.07) is 14.0. The van der Waals surface area contributed by atoms with Crippen molar-refractivity contribution in [3.63, 3.8) is 0 Å². The molecule has 4 heterocycles. The largest absolute Gasteiger partial charge is 0.268 e. The molecule has 5 heteroatoms. The lowest BCUT2D eigenvalue weighted by molar-refractivity contribution is 0.658. The highest BCUT2D eigenvalue weighted by atomic mass is 35.5. The maximum atomic E-state index is 6.20. The van der Waals surface area contributed by atoms with Crippen LogP contribution in [0.4, 0.5) is 0 Å². The van der Waals surface area contributed by atoms with Gasteiger partial charge in [-0.15, -0.1) is 0 Å². The van der Waals surface area contributed by atoms with Crippen LogP contribution in [0.5, 0.6) is 0 Å². The van der Waals surface area contributed by atoms with Gasteiger partial charge in [-0.05, 0) is 42.7 Å². The van der Waals surface area contributed by atoms with Crippen molar-refractivity contribution in [1.82, 2.24) is 19.7 Å². The summed E-state index contributed by atoms with van der Waals surface area (Å²) in [6.45, 7) is 0.950. The minimum absolute atomic E-state index is 0.670. The highest BCUT2D eigenvalue weighted by Crippen LogP contribution is 2.39. The Balaban J connectivity index is 1.84. The van der Waals surface area contributed by atoms with Gasteiger partial charge in [0.15, 0.2) is 0 Å². The van der Waals surface area contributed by atoms with Crippen LogP contribution in [-0.2, 0) is 13.0 Å². The van der Waals surface area contributed by atoms with E-state index >= 15 is 0 Å².